The summed E-state index contributed by atoms with van der Waals surface area (Å²) in [5.41, 5.74) is 0. The molecule has 0 radical (unpaired) electrons. The van der Waals surface area contributed by atoms with E-state index in [2.05, 4.69) is 5.10 Å². The molecule has 2 bridgehead atoms. The number of fused-ring (bicyclic) bond motifs is 1. The fourth-order valence-electron chi connectivity index (χ4n) is 3.80. The normalized spacial score (nSPS) is 32.1. The van der Waals surface area contributed by atoms with Gasteiger partial charge in [-0.2, -0.15) is 10.1 Å². The van der Waals surface area contributed by atoms with E-state index in [-0.39, 0.29) is 41.2 Å². The van der Waals surface area contributed by atoms with Crippen molar-refractivity contribution >= 4 is 23.9 Å². The number of amides is 2. The maximum absolute atomic E-state index is 12.5. The molecule has 1 aromatic heterocycles. The quantitative estimate of drug-likeness (QED) is 0.277. The molecular formula is C15H13N3O5. The van der Waals surface area contributed by atoms with E-state index in [1.165, 1.54) is 12.1 Å². The number of nitrogens with zero attached hydrogens (tertiary/aromatic N) is 3. The molecule has 0 unspecified atom stereocenters. The first-order valence-electron chi connectivity index (χ1n) is 7.40. The summed E-state index contributed by atoms with van der Waals surface area (Å²) in [6, 6.07) is 2.56. The minimum Gasteiger partial charge on any atom is -0.400 e. The van der Waals surface area contributed by atoms with Gasteiger partial charge in [0, 0.05) is 0 Å². The monoisotopic (exact) mass is 315 g/mol. The predicted octanol–water partition coefficient (Wildman–Crippen LogP) is 1.72. The minimum atomic E-state index is -0.665. The summed E-state index contributed by atoms with van der Waals surface area (Å²) < 4.78 is 4.94. The summed E-state index contributed by atoms with van der Waals surface area (Å²) >= 11 is 0. The number of hydrogen-bond acceptors (Lipinski definition) is 6. The summed E-state index contributed by atoms with van der Waals surface area (Å²) in [5.74, 6) is -1.33. The first-order valence-corrected chi connectivity index (χ1v) is 7.40. The third-order valence-corrected chi connectivity index (χ3v) is 4.83. The van der Waals surface area contributed by atoms with Crippen molar-refractivity contribution in [3.63, 3.8) is 0 Å². The number of allylic oxidation sites excluding steroid dienone is 2. The minimum absolute atomic E-state index is 0.103. The highest BCUT2D eigenvalue weighted by atomic mass is 16.6. The van der Waals surface area contributed by atoms with Gasteiger partial charge in [0.25, 0.3) is 11.8 Å². The molecule has 2 heterocycles. The largest absolute Gasteiger partial charge is 0.433 e. The highest BCUT2D eigenvalue weighted by Crippen LogP contribution is 2.49. The number of imide groups is 1. The zero-order chi connectivity index (χ0) is 16.1. The van der Waals surface area contributed by atoms with Crippen LogP contribution in [0.25, 0.3) is 0 Å². The summed E-state index contributed by atoms with van der Waals surface area (Å²) in [6.07, 6.45) is 7.06. The highest BCUT2D eigenvalue weighted by Gasteiger charge is 2.56. The third kappa shape index (κ3) is 2.01. The summed E-state index contributed by atoms with van der Waals surface area (Å²) in [4.78, 5) is 34.9. The number of furan rings is 1. The lowest BCUT2D eigenvalue weighted by molar-refractivity contribution is -0.402. The average Bonchev–Trinajstić information content (AvgIpc) is 3.13. The van der Waals surface area contributed by atoms with E-state index in [0.29, 0.717) is 0 Å². The van der Waals surface area contributed by atoms with Gasteiger partial charge in [-0.1, -0.05) is 12.2 Å². The maximum Gasteiger partial charge on any atom is 0.433 e. The first-order chi connectivity index (χ1) is 11.1. The van der Waals surface area contributed by atoms with Crippen LogP contribution in [-0.4, -0.2) is 28.0 Å². The number of rotatable bonds is 3. The van der Waals surface area contributed by atoms with Gasteiger partial charge in [-0.15, -0.1) is 0 Å². The van der Waals surface area contributed by atoms with Gasteiger partial charge >= 0.3 is 5.88 Å². The van der Waals surface area contributed by atoms with E-state index in [0.717, 1.165) is 24.1 Å². The Kier molecular flexibility index (Phi) is 2.93. The second-order valence-corrected chi connectivity index (χ2v) is 6.01. The van der Waals surface area contributed by atoms with E-state index in [1.807, 2.05) is 12.2 Å². The molecule has 1 saturated heterocycles. The summed E-state index contributed by atoms with van der Waals surface area (Å²) in [5, 5.41) is 15.4. The van der Waals surface area contributed by atoms with Gasteiger partial charge < -0.3 is 4.42 Å². The molecule has 0 aromatic carbocycles. The smallest absolute Gasteiger partial charge is 0.400 e. The second-order valence-electron chi connectivity index (χ2n) is 6.01. The molecule has 5 rings (SSSR count). The molecule has 0 N–H and O–H groups in total. The first kappa shape index (κ1) is 13.9. The Labute approximate surface area is 130 Å². The maximum atomic E-state index is 12.5. The molecule has 0 spiro atoms. The van der Waals surface area contributed by atoms with Crippen molar-refractivity contribution in [2.24, 2.45) is 28.8 Å². The molecular weight excluding hydrogens is 302 g/mol. The Bertz CT molecular complexity index is 733. The van der Waals surface area contributed by atoms with Gasteiger partial charge in [0.15, 0.2) is 5.76 Å². The zero-order valence-electron chi connectivity index (χ0n) is 12.0. The van der Waals surface area contributed by atoms with Crippen LogP contribution in [-0.2, 0) is 9.59 Å². The fraction of sp³-hybridized carbons (Fsp3) is 0.400. The molecule has 118 valence electrons. The Morgan fingerprint density at radius 2 is 1.78 bits per heavy atom. The van der Waals surface area contributed by atoms with E-state index < -0.39 is 10.8 Å². The number of carbonyl (C=O) groups is 2. The molecule has 3 aliphatic carbocycles. The van der Waals surface area contributed by atoms with Crippen LogP contribution in [0, 0.1) is 33.8 Å². The van der Waals surface area contributed by atoms with Gasteiger partial charge in [-0.3, -0.25) is 19.7 Å². The zero-order valence-corrected chi connectivity index (χ0v) is 12.0. The lowest BCUT2D eigenvalue weighted by Gasteiger charge is -2.37. The molecule has 1 aromatic rings. The standard InChI is InChI=1S/C15H13N3O5/c19-14-12-8-1-2-9(4-3-8)13(12)15(20)17(14)16-7-10-5-6-11(23-10)18(21)22/h1-2,5-9,12-13H,3-4H2/b16-7-/t8-,9-,12-,13+/m0/s1. The fourth-order valence-corrected chi connectivity index (χ4v) is 3.80. The van der Waals surface area contributed by atoms with Gasteiger partial charge in [0.2, 0.25) is 0 Å². The van der Waals surface area contributed by atoms with Gasteiger partial charge in [0.1, 0.15) is 4.92 Å². The highest BCUT2D eigenvalue weighted by molar-refractivity contribution is 6.06. The van der Waals surface area contributed by atoms with E-state index >= 15 is 0 Å². The van der Waals surface area contributed by atoms with Crippen molar-refractivity contribution in [2.75, 3.05) is 0 Å². The Balaban J connectivity index is 1.58. The molecule has 4 aliphatic rings. The molecule has 2 amide bonds. The van der Waals surface area contributed by atoms with Crippen molar-refractivity contribution in [2.45, 2.75) is 12.8 Å². The number of carbonyl (C=O) groups excluding carboxylic acids is 2. The lowest BCUT2D eigenvalue weighted by Crippen LogP contribution is -2.38. The molecule has 2 fully saturated rings. The van der Waals surface area contributed by atoms with Crippen LogP contribution in [0.1, 0.15) is 18.6 Å². The third-order valence-electron chi connectivity index (χ3n) is 4.83. The van der Waals surface area contributed by atoms with Crippen LogP contribution < -0.4 is 0 Å². The Hall–Kier alpha value is -2.77. The number of hydrazone groups is 1. The van der Waals surface area contributed by atoms with Gasteiger partial charge in [-0.25, -0.2) is 0 Å². The van der Waals surface area contributed by atoms with Crippen molar-refractivity contribution < 1.29 is 18.9 Å². The molecule has 8 heteroatoms. The van der Waals surface area contributed by atoms with Gasteiger partial charge in [-0.05, 0) is 30.7 Å². The van der Waals surface area contributed by atoms with Crippen molar-refractivity contribution in [3.05, 3.63) is 40.2 Å². The SMILES string of the molecule is O=C1[C@@H]2[C@H](C(=O)N1/N=C\c1ccc([N+](=O)[O-])o1)[C@H]1C=C[C@H]2CC1. The number of hydrogen-bond donors (Lipinski definition) is 0. The van der Waals surface area contributed by atoms with Crippen LogP contribution in [0.15, 0.2) is 33.8 Å². The van der Waals surface area contributed by atoms with Crippen LogP contribution >= 0.6 is 0 Å². The number of nitro groups is 1. The predicted molar refractivity (Wildman–Crippen MR) is 77.1 cm³/mol. The average molecular weight is 315 g/mol. The van der Waals surface area contributed by atoms with E-state index in [9.17, 15) is 19.7 Å². The molecule has 1 aliphatic heterocycles. The van der Waals surface area contributed by atoms with Crippen molar-refractivity contribution in [3.8, 4) is 0 Å². The lowest BCUT2D eigenvalue weighted by atomic mass is 9.63. The Morgan fingerprint density at radius 3 is 2.26 bits per heavy atom. The van der Waals surface area contributed by atoms with Crippen LogP contribution in [0.3, 0.4) is 0 Å². The molecule has 8 nitrogen and oxygen atoms in total. The molecule has 23 heavy (non-hydrogen) atoms. The van der Waals surface area contributed by atoms with Crippen molar-refractivity contribution in [1.82, 2.24) is 5.01 Å². The Morgan fingerprint density at radius 1 is 1.17 bits per heavy atom. The van der Waals surface area contributed by atoms with E-state index in [1.54, 1.807) is 0 Å². The second kappa shape index (κ2) is 4.87. The van der Waals surface area contributed by atoms with Crippen LogP contribution in [0.4, 0.5) is 5.88 Å². The topological polar surface area (TPSA) is 106 Å². The van der Waals surface area contributed by atoms with E-state index in [4.69, 9.17) is 4.42 Å². The van der Waals surface area contributed by atoms with Crippen molar-refractivity contribution in [1.29, 1.82) is 0 Å². The summed E-state index contributed by atoms with van der Waals surface area (Å²) in [6.45, 7) is 0. The summed E-state index contributed by atoms with van der Waals surface area (Å²) in [7, 11) is 0. The van der Waals surface area contributed by atoms with Crippen LogP contribution in [0.5, 0.6) is 0 Å². The molecule has 1 saturated carbocycles. The van der Waals surface area contributed by atoms with Gasteiger partial charge in [0.05, 0.1) is 24.1 Å². The van der Waals surface area contributed by atoms with Crippen LogP contribution in [0.2, 0.25) is 0 Å². The molecule has 4 atom stereocenters.